The molecular formula is C18H25N5OS. The molecule has 0 fully saturated rings. The van der Waals surface area contributed by atoms with E-state index in [2.05, 4.69) is 27.5 Å². The van der Waals surface area contributed by atoms with E-state index in [0.717, 1.165) is 17.0 Å². The van der Waals surface area contributed by atoms with E-state index < -0.39 is 0 Å². The highest BCUT2D eigenvalue weighted by atomic mass is 32.1. The molecule has 0 aliphatic rings. The van der Waals surface area contributed by atoms with Gasteiger partial charge in [0.05, 0.1) is 19.6 Å². The molecule has 1 aromatic heterocycles. The van der Waals surface area contributed by atoms with Gasteiger partial charge in [-0.3, -0.25) is 4.79 Å². The van der Waals surface area contributed by atoms with Crippen LogP contribution < -0.4 is 10.6 Å². The van der Waals surface area contributed by atoms with Crippen molar-refractivity contribution in [3.05, 3.63) is 52.0 Å². The number of benzene rings is 1. The van der Waals surface area contributed by atoms with Gasteiger partial charge in [-0.1, -0.05) is 37.3 Å². The number of amides is 1. The van der Waals surface area contributed by atoms with E-state index in [1.54, 1.807) is 30.3 Å². The van der Waals surface area contributed by atoms with Crippen molar-refractivity contribution in [2.45, 2.75) is 26.4 Å². The number of nitrogens with one attached hydrogen (secondary N) is 2. The third kappa shape index (κ3) is 6.54. The average Bonchev–Trinajstić information content (AvgIpc) is 3.09. The fourth-order valence-electron chi connectivity index (χ4n) is 2.00. The maximum Gasteiger partial charge on any atom is 0.241 e. The molecule has 0 saturated heterocycles. The van der Waals surface area contributed by atoms with E-state index in [1.165, 1.54) is 4.88 Å². The highest BCUT2D eigenvalue weighted by Crippen LogP contribution is 2.12. The second kappa shape index (κ2) is 9.78. The number of nitrogens with zero attached hydrogens (tertiary/aromatic N) is 3. The highest BCUT2D eigenvalue weighted by molar-refractivity contribution is 7.11. The first-order valence-electron chi connectivity index (χ1n) is 8.28. The number of thiazole rings is 1. The van der Waals surface area contributed by atoms with Gasteiger partial charge in [0.25, 0.3) is 0 Å². The summed E-state index contributed by atoms with van der Waals surface area (Å²) in [7, 11) is 3.47. The molecule has 134 valence electrons. The Morgan fingerprint density at radius 2 is 2.00 bits per heavy atom. The average molecular weight is 359 g/mol. The molecule has 0 unspecified atom stereocenters. The molecule has 25 heavy (non-hydrogen) atoms. The number of carbonyl (C=O) groups is 1. The predicted octanol–water partition coefficient (Wildman–Crippen LogP) is 2.03. The lowest BCUT2D eigenvalue weighted by Gasteiger charge is -2.14. The van der Waals surface area contributed by atoms with Crippen LogP contribution in [0.25, 0.3) is 0 Å². The van der Waals surface area contributed by atoms with Crippen molar-refractivity contribution in [1.29, 1.82) is 0 Å². The van der Waals surface area contributed by atoms with Crippen molar-refractivity contribution in [3.8, 4) is 0 Å². The zero-order valence-corrected chi connectivity index (χ0v) is 15.8. The van der Waals surface area contributed by atoms with Gasteiger partial charge >= 0.3 is 0 Å². The maximum absolute atomic E-state index is 11.8. The predicted molar refractivity (Wildman–Crippen MR) is 103 cm³/mol. The second-order valence-electron chi connectivity index (χ2n) is 5.72. The lowest BCUT2D eigenvalue weighted by atomic mass is 10.2. The molecule has 0 spiro atoms. The van der Waals surface area contributed by atoms with Gasteiger partial charge in [-0.25, -0.2) is 9.98 Å². The van der Waals surface area contributed by atoms with E-state index in [1.807, 2.05) is 36.5 Å². The number of guanidine groups is 1. The zero-order valence-electron chi connectivity index (χ0n) is 15.0. The summed E-state index contributed by atoms with van der Waals surface area (Å²) in [6.45, 7) is 3.45. The molecule has 0 saturated carbocycles. The molecule has 7 heteroatoms. The number of carbonyl (C=O) groups excluding carboxylic acids is 1. The van der Waals surface area contributed by atoms with Gasteiger partial charge in [-0.05, 0) is 12.0 Å². The van der Waals surface area contributed by atoms with Crippen LogP contribution in [0.3, 0.4) is 0 Å². The number of hydrogen-bond acceptors (Lipinski definition) is 4. The number of hydrogen-bond donors (Lipinski definition) is 2. The fourth-order valence-corrected chi connectivity index (χ4v) is 2.80. The summed E-state index contributed by atoms with van der Waals surface area (Å²) in [5, 5.41) is 7.35. The molecule has 2 N–H and O–H groups in total. The fraction of sp³-hybridized carbons (Fsp3) is 0.389. The van der Waals surface area contributed by atoms with Crippen LogP contribution in [0.1, 0.15) is 22.4 Å². The van der Waals surface area contributed by atoms with Crippen LogP contribution in [0.5, 0.6) is 0 Å². The lowest BCUT2D eigenvalue weighted by molar-refractivity contribution is -0.127. The van der Waals surface area contributed by atoms with Gasteiger partial charge < -0.3 is 15.5 Å². The molecule has 1 heterocycles. The number of aryl methyl sites for hydroxylation is 1. The Balaban J connectivity index is 1.98. The summed E-state index contributed by atoms with van der Waals surface area (Å²) in [5.41, 5.74) is 1.12. The van der Waals surface area contributed by atoms with Crippen LogP contribution in [0.4, 0.5) is 0 Å². The Kier molecular flexibility index (Phi) is 7.40. The van der Waals surface area contributed by atoms with Gasteiger partial charge in [0, 0.05) is 25.2 Å². The zero-order chi connectivity index (χ0) is 18.1. The highest BCUT2D eigenvalue weighted by Gasteiger charge is 2.07. The van der Waals surface area contributed by atoms with Crippen molar-refractivity contribution >= 4 is 23.2 Å². The molecule has 1 amide bonds. The van der Waals surface area contributed by atoms with Crippen LogP contribution >= 0.6 is 11.3 Å². The molecule has 2 aromatic rings. The Morgan fingerprint density at radius 1 is 1.24 bits per heavy atom. The molecule has 0 bridgehead atoms. The maximum atomic E-state index is 11.8. The third-order valence-corrected chi connectivity index (χ3v) is 4.67. The summed E-state index contributed by atoms with van der Waals surface area (Å²) in [6, 6.07) is 10.0. The standard InChI is InChI=1S/C18H25N5OS/c1-4-15-11-19-16(25-15)12-21-18(22-13-17(24)23(2)3)20-10-14-8-6-5-7-9-14/h5-9,11H,4,10,12-13H2,1-3H3,(H2,20,21,22). The minimum absolute atomic E-state index is 0.00303. The Labute approximate surface area is 153 Å². The SMILES string of the molecule is CCc1cnc(CNC(=NCc2ccccc2)NCC(=O)N(C)C)s1. The van der Waals surface area contributed by atoms with Crippen LogP contribution in [-0.4, -0.2) is 42.4 Å². The smallest absolute Gasteiger partial charge is 0.241 e. The molecule has 0 aliphatic heterocycles. The third-order valence-electron chi connectivity index (χ3n) is 3.53. The lowest BCUT2D eigenvalue weighted by Crippen LogP contribution is -2.42. The monoisotopic (exact) mass is 359 g/mol. The van der Waals surface area contributed by atoms with Crippen molar-refractivity contribution in [1.82, 2.24) is 20.5 Å². The van der Waals surface area contributed by atoms with Crippen LogP contribution in [0, 0.1) is 0 Å². The summed E-state index contributed by atoms with van der Waals surface area (Å²) in [4.78, 5) is 23.6. The molecule has 0 radical (unpaired) electrons. The summed E-state index contributed by atoms with van der Waals surface area (Å²) in [5.74, 6) is 0.601. The molecule has 2 rings (SSSR count). The number of rotatable bonds is 7. The Bertz CT molecular complexity index is 697. The van der Waals surface area contributed by atoms with Gasteiger partial charge in [-0.15, -0.1) is 11.3 Å². The minimum atomic E-state index is -0.00303. The van der Waals surface area contributed by atoms with E-state index in [9.17, 15) is 4.79 Å². The van der Waals surface area contributed by atoms with Crippen LogP contribution in [0.15, 0.2) is 41.5 Å². The topological polar surface area (TPSA) is 69.6 Å². The van der Waals surface area contributed by atoms with E-state index in [0.29, 0.717) is 19.0 Å². The van der Waals surface area contributed by atoms with E-state index in [-0.39, 0.29) is 12.5 Å². The van der Waals surface area contributed by atoms with Crippen molar-refractivity contribution in [3.63, 3.8) is 0 Å². The van der Waals surface area contributed by atoms with Crippen molar-refractivity contribution < 1.29 is 4.79 Å². The number of aliphatic imine (C=N–C) groups is 1. The summed E-state index contributed by atoms with van der Waals surface area (Å²) < 4.78 is 0. The summed E-state index contributed by atoms with van der Waals surface area (Å²) in [6.07, 6.45) is 2.90. The Hall–Kier alpha value is -2.41. The number of likely N-dealkylation sites (N-methyl/N-ethyl adjacent to an activating group) is 1. The summed E-state index contributed by atoms with van der Waals surface area (Å²) >= 11 is 1.69. The van der Waals surface area contributed by atoms with Crippen molar-refractivity contribution in [2.24, 2.45) is 4.99 Å². The second-order valence-corrected chi connectivity index (χ2v) is 6.92. The molecule has 6 nitrogen and oxygen atoms in total. The van der Waals surface area contributed by atoms with Crippen molar-refractivity contribution in [2.75, 3.05) is 20.6 Å². The van der Waals surface area contributed by atoms with Gasteiger partial charge in [0.15, 0.2) is 5.96 Å². The van der Waals surface area contributed by atoms with Crippen LogP contribution in [-0.2, 0) is 24.3 Å². The first-order chi connectivity index (χ1) is 12.1. The molecule has 0 aliphatic carbocycles. The first-order valence-corrected chi connectivity index (χ1v) is 9.10. The normalized spacial score (nSPS) is 11.2. The number of aromatic nitrogens is 1. The molecular weight excluding hydrogens is 334 g/mol. The molecule has 0 atom stereocenters. The largest absolute Gasteiger partial charge is 0.350 e. The quantitative estimate of drug-likeness (QED) is 0.586. The van der Waals surface area contributed by atoms with Gasteiger partial charge in [0.2, 0.25) is 5.91 Å². The van der Waals surface area contributed by atoms with E-state index >= 15 is 0 Å². The minimum Gasteiger partial charge on any atom is -0.350 e. The van der Waals surface area contributed by atoms with E-state index in [4.69, 9.17) is 0 Å². The Morgan fingerprint density at radius 3 is 2.64 bits per heavy atom. The van der Waals surface area contributed by atoms with Crippen LogP contribution in [0.2, 0.25) is 0 Å². The van der Waals surface area contributed by atoms with Gasteiger partial charge in [-0.2, -0.15) is 0 Å². The van der Waals surface area contributed by atoms with Gasteiger partial charge in [0.1, 0.15) is 5.01 Å². The molecule has 1 aromatic carbocycles. The first kappa shape index (κ1) is 18.9.